The van der Waals surface area contributed by atoms with Gasteiger partial charge >= 0.3 is 0 Å². The number of rotatable bonds is 3. The predicted molar refractivity (Wildman–Crippen MR) is 81.5 cm³/mol. The van der Waals surface area contributed by atoms with Crippen LogP contribution in [0, 0.1) is 5.82 Å². The van der Waals surface area contributed by atoms with Gasteiger partial charge in [-0.15, -0.1) is 0 Å². The SMILES string of the molecule is Nc1c(-c2ccccc2F)nc(C2CCCC2)n1C1CC1. The summed E-state index contributed by atoms with van der Waals surface area (Å²) in [6.45, 7) is 0. The van der Waals surface area contributed by atoms with Gasteiger partial charge in [0.2, 0.25) is 0 Å². The minimum absolute atomic E-state index is 0.248. The Kier molecular flexibility index (Phi) is 2.98. The van der Waals surface area contributed by atoms with Gasteiger partial charge in [-0.25, -0.2) is 9.37 Å². The van der Waals surface area contributed by atoms with Crippen molar-refractivity contribution in [1.82, 2.24) is 9.55 Å². The minimum atomic E-state index is -0.248. The van der Waals surface area contributed by atoms with Crippen molar-refractivity contribution in [2.75, 3.05) is 5.73 Å². The second-order valence-electron chi connectivity index (χ2n) is 6.27. The molecule has 2 aliphatic carbocycles. The van der Waals surface area contributed by atoms with Crippen molar-refractivity contribution in [3.8, 4) is 11.3 Å². The van der Waals surface area contributed by atoms with Crippen molar-refractivity contribution in [3.05, 3.63) is 35.9 Å². The molecule has 2 fully saturated rings. The van der Waals surface area contributed by atoms with E-state index >= 15 is 0 Å². The normalized spacial score (nSPS) is 19.3. The molecule has 0 unspecified atom stereocenters. The molecule has 1 heterocycles. The zero-order chi connectivity index (χ0) is 14.4. The number of aromatic nitrogens is 2. The number of nitrogen functional groups attached to an aromatic ring is 1. The van der Waals surface area contributed by atoms with E-state index in [1.165, 1.54) is 31.7 Å². The summed E-state index contributed by atoms with van der Waals surface area (Å²) in [5.41, 5.74) is 7.50. The number of halogens is 1. The van der Waals surface area contributed by atoms with E-state index in [-0.39, 0.29) is 5.82 Å². The lowest BCUT2D eigenvalue weighted by molar-refractivity contribution is 0.596. The van der Waals surface area contributed by atoms with Gasteiger partial charge in [0.25, 0.3) is 0 Å². The van der Waals surface area contributed by atoms with Gasteiger partial charge in [0.1, 0.15) is 23.2 Å². The standard InChI is InChI=1S/C17H20FN3/c18-14-8-4-3-7-13(14)15-16(19)21(12-9-10-12)17(20-15)11-5-1-2-6-11/h3-4,7-8,11-12H,1-2,5-6,9-10,19H2. The summed E-state index contributed by atoms with van der Waals surface area (Å²) in [7, 11) is 0. The van der Waals surface area contributed by atoms with E-state index in [4.69, 9.17) is 10.7 Å². The lowest BCUT2D eigenvalue weighted by Gasteiger charge is -2.12. The number of nitrogens with two attached hydrogens (primary N) is 1. The highest BCUT2D eigenvalue weighted by molar-refractivity contribution is 5.72. The van der Waals surface area contributed by atoms with Crippen molar-refractivity contribution >= 4 is 5.82 Å². The molecule has 2 aromatic rings. The number of anilines is 1. The van der Waals surface area contributed by atoms with E-state index in [1.807, 2.05) is 6.07 Å². The number of benzene rings is 1. The quantitative estimate of drug-likeness (QED) is 0.915. The molecule has 0 amide bonds. The van der Waals surface area contributed by atoms with Crippen molar-refractivity contribution in [1.29, 1.82) is 0 Å². The largest absolute Gasteiger partial charge is 0.383 e. The Bertz CT molecular complexity index is 667. The second-order valence-corrected chi connectivity index (χ2v) is 6.27. The van der Waals surface area contributed by atoms with Crippen LogP contribution in [0.5, 0.6) is 0 Å². The molecule has 4 heteroatoms. The third kappa shape index (κ3) is 2.13. The highest BCUT2D eigenvalue weighted by atomic mass is 19.1. The first-order chi connectivity index (χ1) is 10.3. The predicted octanol–water partition coefficient (Wildman–Crippen LogP) is 4.26. The Morgan fingerprint density at radius 2 is 1.81 bits per heavy atom. The Labute approximate surface area is 124 Å². The summed E-state index contributed by atoms with van der Waals surface area (Å²) in [6.07, 6.45) is 7.21. The molecule has 0 radical (unpaired) electrons. The number of imidazole rings is 1. The topological polar surface area (TPSA) is 43.8 Å². The molecule has 0 bridgehead atoms. The smallest absolute Gasteiger partial charge is 0.132 e. The van der Waals surface area contributed by atoms with Crippen LogP contribution in [0.4, 0.5) is 10.2 Å². The Morgan fingerprint density at radius 1 is 1.10 bits per heavy atom. The van der Waals surface area contributed by atoms with Crippen LogP contribution in [0.2, 0.25) is 0 Å². The molecule has 110 valence electrons. The Morgan fingerprint density at radius 3 is 2.48 bits per heavy atom. The van der Waals surface area contributed by atoms with E-state index in [1.54, 1.807) is 12.1 Å². The first-order valence-electron chi connectivity index (χ1n) is 7.88. The summed E-state index contributed by atoms with van der Waals surface area (Å²) in [6, 6.07) is 7.26. The van der Waals surface area contributed by atoms with Gasteiger partial charge in [-0.1, -0.05) is 25.0 Å². The molecule has 1 aromatic carbocycles. The molecule has 2 aliphatic rings. The van der Waals surface area contributed by atoms with E-state index in [9.17, 15) is 4.39 Å². The van der Waals surface area contributed by atoms with Gasteiger partial charge in [-0.3, -0.25) is 0 Å². The summed E-state index contributed by atoms with van der Waals surface area (Å²) >= 11 is 0. The Balaban J connectivity index is 1.85. The first-order valence-corrected chi connectivity index (χ1v) is 7.88. The highest BCUT2D eigenvalue weighted by Gasteiger charge is 2.34. The maximum Gasteiger partial charge on any atom is 0.132 e. The average molecular weight is 285 g/mol. The van der Waals surface area contributed by atoms with E-state index in [2.05, 4.69) is 4.57 Å². The molecule has 0 spiro atoms. The molecule has 0 atom stereocenters. The van der Waals surface area contributed by atoms with Crippen molar-refractivity contribution in [3.63, 3.8) is 0 Å². The monoisotopic (exact) mass is 285 g/mol. The van der Waals surface area contributed by atoms with Crippen LogP contribution in [-0.4, -0.2) is 9.55 Å². The fourth-order valence-electron chi connectivity index (χ4n) is 3.50. The van der Waals surface area contributed by atoms with Crippen LogP contribution >= 0.6 is 0 Å². The molecule has 0 aliphatic heterocycles. The Hall–Kier alpha value is -1.84. The number of nitrogens with zero attached hydrogens (tertiary/aromatic N) is 2. The third-order valence-corrected chi connectivity index (χ3v) is 4.74. The highest BCUT2D eigenvalue weighted by Crippen LogP contribution is 2.45. The van der Waals surface area contributed by atoms with E-state index in [0.717, 1.165) is 18.7 Å². The molecule has 0 saturated heterocycles. The van der Waals surface area contributed by atoms with Crippen LogP contribution in [0.25, 0.3) is 11.3 Å². The zero-order valence-corrected chi connectivity index (χ0v) is 12.1. The van der Waals surface area contributed by atoms with Gasteiger partial charge in [-0.05, 0) is 37.8 Å². The summed E-state index contributed by atoms with van der Waals surface area (Å²) in [5, 5.41) is 0. The van der Waals surface area contributed by atoms with Gasteiger partial charge in [0.15, 0.2) is 0 Å². The fourth-order valence-corrected chi connectivity index (χ4v) is 3.50. The third-order valence-electron chi connectivity index (χ3n) is 4.74. The minimum Gasteiger partial charge on any atom is -0.383 e. The molecule has 21 heavy (non-hydrogen) atoms. The van der Waals surface area contributed by atoms with Gasteiger partial charge in [-0.2, -0.15) is 0 Å². The van der Waals surface area contributed by atoms with Crippen molar-refractivity contribution in [2.24, 2.45) is 0 Å². The van der Waals surface area contributed by atoms with Crippen LogP contribution in [0.3, 0.4) is 0 Å². The average Bonchev–Trinajstić information content (AvgIpc) is 3.05. The molecule has 4 rings (SSSR count). The molecule has 3 nitrogen and oxygen atoms in total. The first kappa shape index (κ1) is 12.9. The number of hydrogen-bond acceptors (Lipinski definition) is 2. The van der Waals surface area contributed by atoms with Crippen LogP contribution < -0.4 is 5.73 Å². The molecular formula is C17H20FN3. The molecular weight excluding hydrogens is 265 g/mol. The molecule has 1 aromatic heterocycles. The zero-order valence-electron chi connectivity index (χ0n) is 12.1. The van der Waals surface area contributed by atoms with E-state index < -0.39 is 0 Å². The van der Waals surface area contributed by atoms with Gasteiger partial charge < -0.3 is 10.3 Å². The van der Waals surface area contributed by atoms with Crippen LogP contribution in [0.1, 0.15) is 56.3 Å². The maximum atomic E-state index is 14.1. The van der Waals surface area contributed by atoms with Crippen LogP contribution in [-0.2, 0) is 0 Å². The van der Waals surface area contributed by atoms with Crippen molar-refractivity contribution in [2.45, 2.75) is 50.5 Å². The van der Waals surface area contributed by atoms with E-state index in [0.29, 0.717) is 29.0 Å². The fraction of sp³-hybridized carbons (Fsp3) is 0.471. The summed E-state index contributed by atoms with van der Waals surface area (Å²) < 4.78 is 16.3. The van der Waals surface area contributed by atoms with Gasteiger partial charge in [0, 0.05) is 17.5 Å². The molecule has 2 N–H and O–H groups in total. The number of hydrogen-bond donors (Lipinski definition) is 1. The van der Waals surface area contributed by atoms with Gasteiger partial charge in [0.05, 0.1) is 0 Å². The maximum absolute atomic E-state index is 14.1. The van der Waals surface area contributed by atoms with Crippen molar-refractivity contribution < 1.29 is 4.39 Å². The lowest BCUT2D eigenvalue weighted by atomic mass is 10.1. The molecule has 2 saturated carbocycles. The van der Waals surface area contributed by atoms with Crippen LogP contribution in [0.15, 0.2) is 24.3 Å². The summed E-state index contributed by atoms with van der Waals surface area (Å²) in [5.74, 6) is 1.98. The second kappa shape index (κ2) is 4.86. The summed E-state index contributed by atoms with van der Waals surface area (Å²) in [4.78, 5) is 4.78. The lowest BCUT2D eigenvalue weighted by Crippen LogP contribution is -2.08.